The predicted molar refractivity (Wildman–Crippen MR) is 102 cm³/mol. The summed E-state index contributed by atoms with van der Waals surface area (Å²) in [5.74, 6) is 0. The van der Waals surface area contributed by atoms with E-state index in [1.165, 1.54) is 0 Å². The predicted octanol–water partition coefficient (Wildman–Crippen LogP) is 3.82. The number of nitrogens with one attached hydrogen (secondary N) is 2. The lowest BCUT2D eigenvalue weighted by Gasteiger charge is -2.11. The first-order valence-corrected chi connectivity index (χ1v) is 8.62. The number of thiophene rings is 1. The molecule has 22 heavy (non-hydrogen) atoms. The van der Waals surface area contributed by atoms with E-state index in [0.29, 0.717) is 0 Å². The van der Waals surface area contributed by atoms with E-state index in [9.17, 15) is 0 Å². The Balaban J connectivity index is 2.66. The van der Waals surface area contributed by atoms with Crippen molar-refractivity contribution in [1.29, 1.82) is 0 Å². The van der Waals surface area contributed by atoms with Crippen molar-refractivity contribution in [2.75, 3.05) is 26.0 Å². The molecule has 0 atom stereocenters. The molecule has 0 unspecified atom stereocenters. The molecule has 0 aliphatic rings. The van der Waals surface area contributed by atoms with E-state index in [2.05, 4.69) is 27.1 Å². The van der Waals surface area contributed by atoms with Crippen LogP contribution < -0.4 is 10.6 Å². The molecule has 0 bridgehead atoms. The van der Waals surface area contributed by atoms with Gasteiger partial charge in [-0.25, -0.2) is 0 Å². The Bertz CT molecular complexity index is 688. The van der Waals surface area contributed by atoms with Crippen LogP contribution in [0.5, 0.6) is 0 Å². The van der Waals surface area contributed by atoms with Gasteiger partial charge in [-0.15, -0.1) is 11.3 Å². The van der Waals surface area contributed by atoms with Crippen LogP contribution in [0, 0.1) is 6.92 Å². The number of halogens is 1. The summed E-state index contributed by atoms with van der Waals surface area (Å²) < 4.78 is 2.21. The molecule has 0 aliphatic carbocycles. The second kappa shape index (κ2) is 7.87. The second-order valence-corrected chi connectivity index (χ2v) is 6.30. The van der Waals surface area contributed by atoms with Crippen LogP contribution in [0.25, 0.3) is 10.6 Å². The molecular formula is C15H19ClN4S2. The number of thiocarbonyl (C=S) groups is 1. The molecule has 0 saturated heterocycles. The Morgan fingerprint density at radius 3 is 2.82 bits per heavy atom. The van der Waals surface area contributed by atoms with Gasteiger partial charge in [-0.3, -0.25) is 4.99 Å². The maximum absolute atomic E-state index is 6.36. The Kier molecular flexibility index (Phi) is 6.14. The van der Waals surface area contributed by atoms with Gasteiger partial charge in [-0.05, 0) is 31.0 Å². The molecule has 7 heteroatoms. The van der Waals surface area contributed by atoms with Gasteiger partial charge in [0.15, 0.2) is 0 Å². The van der Waals surface area contributed by atoms with Gasteiger partial charge in [0.2, 0.25) is 0 Å². The quantitative estimate of drug-likeness (QED) is 0.451. The highest BCUT2D eigenvalue weighted by molar-refractivity contribution is 7.79. The van der Waals surface area contributed by atoms with Crippen LogP contribution in [0.15, 0.2) is 16.4 Å². The molecule has 0 aliphatic heterocycles. The fraction of sp³-hybridized carbons (Fsp3) is 0.333. The van der Waals surface area contributed by atoms with E-state index in [4.69, 9.17) is 23.8 Å². The summed E-state index contributed by atoms with van der Waals surface area (Å²) >= 11 is 13.2. The highest BCUT2D eigenvalue weighted by Crippen LogP contribution is 2.40. The average Bonchev–Trinajstić information content (AvgIpc) is 3.04. The van der Waals surface area contributed by atoms with Crippen LogP contribution in [-0.2, 0) is 6.54 Å². The number of aromatic nitrogens is 1. The Hall–Kier alpha value is -1.21. The molecule has 4 nitrogen and oxygen atoms in total. The van der Waals surface area contributed by atoms with Crippen LogP contribution in [0.2, 0.25) is 5.02 Å². The molecule has 2 heterocycles. The van der Waals surface area contributed by atoms with Crippen molar-refractivity contribution < 1.29 is 0 Å². The summed E-state index contributed by atoms with van der Waals surface area (Å²) in [5, 5.41) is 10.9. The first kappa shape index (κ1) is 17.1. The van der Waals surface area contributed by atoms with E-state index in [-0.39, 0.29) is 0 Å². The largest absolute Gasteiger partial charge is 0.345 e. The zero-order valence-electron chi connectivity index (χ0n) is 12.8. The molecule has 0 radical (unpaired) electrons. The average molecular weight is 355 g/mol. The molecule has 2 N–H and O–H groups in total. The van der Waals surface area contributed by atoms with Crippen LogP contribution >= 0.6 is 35.2 Å². The molecular weight excluding hydrogens is 336 g/mol. The van der Waals surface area contributed by atoms with Crippen molar-refractivity contribution in [3.8, 4) is 10.6 Å². The van der Waals surface area contributed by atoms with Crippen molar-refractivity contribution in [1.82, 2.24) is 9.88 Å². The van der Waals surface area contributed by atoms with Crippen LogP contribution in [0.4, 0.5) is 5.69 Å². The lowest BCUT2D eigenvalue weighted by Crippen LogP contribution is -2.17. The topological polar surface area (TPSA) is 41.4 Å². The highest BCUT2D eigenvalue weighted by atomic mass is 35.5. The van der Waals surface area contributed by atoms with Gasteiger partial charge in [0.25, 0.3) is 0 Å². The zero-order valence-corrected chi connectivity index (χ0v) is 15.2. The smallest absolute Gasteiger partial charge is 0.0865 e. The number of anilines is 1. The lowest BCUT2D eigenvalue weighted by atomic mass is 10.2. The number of likely N-dealkylation sites (N-methyl/N-ethyl adjacent to an activating group) is 1. The van der Waals surface area contributed by atoms with Crippen molar-refractivity contribution in [2.24, 2.45) is 4.99 Å². The third-order valence-corrected chi connectivity index (χ3v) is 4.99. The first-order valence-electron chi connectivity index (χ1n) is 6.89. The highest BCUT2D eigenvalue weighted by Gasteiger charge is 2.21. The molecule has 2 rings (SSSR count). The fourth-order valence-electron chi connectivity index (χ4n) is 2.41. The van der Waals surface area contributed by atoms with Gasteiger partial charge in [-0.2, -0.15) is 0 Å². The summed E-state index contributed by atoms with van der Waals surface area (Å²) in [6, 6.07) is 1.92. The van der Waals surface area contributed by atoms with Gasteiger partial charge >= 0.3 is 0 Å². The Labute approximate surface area is 145 Å². The molecule has 0 fully saturated rings. The number of hydrogen-bond acceptors (Lipinski definition) is 4. The van der Waals surface area contributed by atoms with Crippen molar-refractivity contribution in [2.45, 2.75) is 13.5 Å². The molecule has 118 valence electrons. The fourth-order valence-corrected chi connectivity index (χ4v) is 3.92. The van der Waals surface area contributed by atoms with Gasteiger partial charge in [0.1, 0.15) is 0 Å². The van der Waals surface area contributed by atoms with E-state index >= 15 is 0 Å². The second-order valence-electron chi connectivity index (χ2n) is 4.74. The monoisotopic (exact) mass is 354 g/mol. The normalized spacial score (nSPS) is 11.3. The van der Waals surface area contributed by atoms with E-state index < -0.39 is 0 Å². The third kappa shape index (κ3) is 3.25. The minimum absolute atomic E-state index is 0.767. The van der Waals surface area contributed by atoms with Gasteiger partial charge < -0.3 is 15.2 Å². The van der Waals surface area contributed by atoms with Crippen molar-refractivity contribution in [3.05, 3.63) is 27.7 Å². The van der Waals surface area contributed by atoms with Crippen molar-refractivity contribution >= 4 is 52.5 Å². The standard InChI is InChI=1S/C15H19ClN4S2/c1-10-13(19-9-18-3)12(8-21)20(6-5-17-2)14(10)15-11(16)4-7-22-15/h4,7-9,17H,5-6H2,1-3H3,(H,18,19). The minimum Gasteiger partial charge on any atom is -0.345 e. The number of rotatable bonds is 7. The minimum atomic E-state index is 0.767. The zero-order chi connectivity index (χ0) is 16.1. The van der Waals surface area contributed by atoms with Crippen molar-refractivity contribution in [3.63, 3.8) is 0 Å². The van der Waals surface area contributed by atoms with Crippen LogP contribution in [0.3, 0.4) is 0 Å². The molecule has 0 amide bonds. The van der Waals surface area contributed by atoms with E-state index in [0.717, 1.165) is 45.6 Å². The van der Waals surface area contributed by atoms with Gasteiger partial charge in [0, 0.05) is 25.5 Å². The molecule has 0 saturated carbocycles. The van der Waals surface area contributed by atoms with Gasteiger partial charge in [-0.1, -0.05) is 23.8 Å². The summed E-state index contributed by atoms with van der Waals surface area (Å²) in [4.78, 5) is 5.06. The summed E-state index contributed by atoms with van der Waals surface area (Å²) in [6.07, 6.45) is 1.67. The number of nitrogens with zero attached hydrogens (tertiary/aromatic N) is 2. The SMILES string of the molecule is CN=CNc1c(C)c(-c2sccc2Cl)n(CCNC)c1C=S. The summed E-state index contributed by atoms with van der Waals surface area (Å²) in [7, 11) is 3.67. The summed E-state index contributed by atoms with van der Waals surface area (Å²) in [5.41, 5.74) is 4.19. The Morgan fingerprint density at radius 1 is 1.50 bits per heavy atom. The van der Waals surface area contributed by atoms with Crippen LogP contribution in [0.1, 0.15) is 11.3 Å². The summed E-state index contributed by atoms with van der Waals surface area (Å²) in [6.45, 7) is 3.74. The third-order valence-electron chi connectivity index (χ3n) is 3.41. The number of aliphatic imine (C=N–C) groups is 1. The lowest BCUT2D eigenvalue weighted by molar-refractivity contribution is 0.650. The molecule has 2 aromatic rings. The van der Waals surface area contributed by atoms with E-state index in [1.54, 1.807) is 30.1 Å². The molecule has 2 aromatic heterocycles. The van der Waals surface area contributed by atoms with Gasteiger partial charge in [0.05, 0.1) is 33.3 Å². The maximum Gasteiger partial charge on any atom is 0.0865 e. The van der Waals surface area contributed by atoms with Crippen LogP contribution in [-0.4, -0.2) is 36.9 Å². The van der Waals surface area contributed by atoms with E-state index in [1.807, 2.05) is 18.5 Å². The molecule has 0 aromatic carbocycles. The Morgan fingerprint density at radius 2 is 2.27 bits per heavy atom. The maximum atomic E-state index is 6.36. The molecule has 0 spiro atoms. The first-order chi connectivity index (χ1) is 10.7. The number of hydrogen-bond donors (Lipinski definition) is 2.